The number of nitrogens with zero attached hydrogens (tertiary/aromatic N) is 1. The van der Waals surface area contributed by atoms with Crippen molar-refractivity contribution in [3.8, 4) is 0 Å². The molecular formula is C82H148NO8P. The molecule has 0 aliphatic carbocycles. The highest BCUT2D eigenvalue weighted by Crippen LogP contribution is 2.38. The summed E-state index contributed by atoms with van der Waals surface area (Å²) in [5.74, 6) is -0.819. The Balaban J connectivity index is 3.98. The van der Waals surface area contributed by atoms with Crippen molar-refractivity contribution in [2.45, 2.75) is 367 Å². The molecule has 10 heteroatoms. The van der Waals surface area contributed by atoms with Crippen LogP contribution in [0.4, 0.5) is 0 Å². The lowest BCUT2D eigenvalue weighted by molar-refractivity contribution is -0.870. The smallest absolute Gasteiger partial charge is 0.306 e. The van der Waals surface area contributed by atoms with Crippen LogP contribution < -0.4 is 4.89 Å². The van der Waals surface area contributed by atoms with Gasteiger partial charge in [-0.15, -0.1) is 0 Å². The van der Waals surface area contributed by atoms with Crippen molar-refractivity contribution in [3.05, 3.63) is 97.2 Å². The van der Waals surface area contributed by atoms with E-state index in [2.05, 4.69) is 111 Å². The van der Waals surface area contributed by atoms with E-state index in [0.29, 0.717) is 17.4 Å². The molecule has 9 nitrogen and oxygen atoms in total. The monoisotopic (exact) mass is 1310 g/mol. The van der Waals surface area contributed by atoms with Gasteiger partial charge in [-0.3, -0.25) is 14.2 Å². The topological polar surface area (TPSA) is 111 Å². The number of phosphoric ester groups is 1. The average Bonchev–Trinajstić information content (AvgIpc) is 2.14. The number of rotatable bonds is 72. The van der Waals surface area contributed by atoms with Crippen molar-refractivity contribution in [2.75, 3.05) is 47.5 Å². The number of hydrogen-bond donors (Lipinski definition) is 0. The summed E-state index contributed by atoms with van der Waals surface area (Å²) in [6, 6.07) is 0. The Hall–Kier alpha value is -3.07. The molecule has 0 bridgehead atoms. The first-order valence-electron chi connectivity index (χ1n) is 38.9. The zero-order chi connectivity index (χ0) is 66.9. The highest BCUT2D eigenvalue weighted by molar-refractivity contribution is 7.45. The molecular weight excluding hydrogens is 1160 g/mol. The van der Waals surface area contributed by atoms with Crippen LogP contribution in [0.2, 0.25) is 0 Å². The van der Waals surface area contributed by atoms with Gasteiger partial charge in [0.1, 0.15) is 19.8 Å². The number of carbonyl (C=O) groups excluding carboxylic acids is 2. The molecule has 2 unspecified atom stereocenters. The third-order valence-electron chi connectivity index (χ3n) is 17.1. The van der Waals surface area contributed by atoms with Gasteiger partial charge < -0.3 is 27.9 Å². The lowest BCUT2D eigenvalue weighted by Gasteiger charge is -2.28. The number of quaternary nitrogens is 1. The molecule has 0 aliphatic heterocycles. The van der Waals surface area contributed by atoms with Crippen LogP contribution in [-0.4, -0.2) is 70.0 Å². The molecule has 0 aromatic carbocycles. The zero-order valence-electron chi connectivity index (χ0n) is 61.0. The summed E-state index contributed by atoms with van der Waals surface area (Å²) in [6.07, 6.45) is 101. The average molecular weight is 1310 g/mol. The van der Waals surface area contributed by atoms with Crippen molar-refractivity contribution in [3.63, 3.8) is 0 Å². The van der Waals surface area contributed by atoms with E-state index in [9.17, 15) is 19.0 Å². The Kier molecular flexibility index (Phi) is 69.8. The largest absolute Gasteiger partial charge is 0.756 e. The van der Waals surface area contributed by atoms with Crippen LogP contribution in [0.15, 0.2) is 97.2 Å². The van der Waals surface area contributed by atoms with Crippen molar-refractivity contribution < 1.29 is 42.1 Å². The van der Waals surface area contributed by atoms with Gasteiger partial charge in [-0.1, -0.05) is 368 Å². The normalized spacial score (nSPS) is 13.6. The Morgan fingerprint density at radius 3 is 0.924 bits per heavy atom. The summed E-state index contributed by atoms with van der Waals surface area (Å²) in [4.78, 5) is 38.2. The van der Waals surface area contributed by atoms with Crippen LogP contribution in [0.1, 0.15) is 361 Å². The maximum atomic E-state index is 12.9. The Labute approximate surface area is 570 Å². The molecule has 92 heavy (non-hydrogen) atoms. The lowest BCUT2D eigenvalue weighted by Crippen LogP contribution is -2.37. The van der Waals surface area contributed by atoms with E-state index in [-0.39, 0.29) is 32.0 Å². The number of hydrogen-bond acceptors (Lipinski definition) is 8. The van der Waals surface area contributed by atoms with Gasteiger partial charge in [-0.2, -0.15) is 0 Å². The summed E-state index contributed by atoms with van der Waals surface area (Å²) in [7, 11) is 1.18. The van der Waals surface area contributed by atoms with E-state index < -0.39 is 26.5 Å². The molecule has 0 aromatic heterocycles. The van der Waals surface area contributed by atoms with Crippen LogP contribution in [0.3, 0.4) is 0 Å². The molecule has 0 N–H and O–H groups in total. The van der Waals surface area contributed by atoms with Gasteiger partial charge in [0.25, 0.3) is 7.82 Å². The van der Waals surface area contributed by atoms with Gasteiger partial charge >= 0.3 is 11.9 Å². The minimum Gasteiger partial charge on any atom is -0.756 e. The molecule has 0 saturated heterocycles. The van der Waals surface area contributed by atoms with E-state index in [0.717, 1.165) is 89.9 Å². The predicted molar refractivity (Wildman–Crippen MR) is 397 cm³/mol. The predicted octanol–water partition coefficient (Wildman–Crippen LogP) is 25.2. The molecule has 0 fully saturated rings. The summed E-state index contributed by atoms with van der Waals surface area (Å²) in [6.45, 7) is 4.18. The maximum absolute atomic E-state index is 12.9. The number of allylic oxidation sites excluding steroid dienone is 16. The van der Waals surface area contributed by atoms with Crippen molar-refractivity contribution in [1.82, 2.24) is 0 Å². The molecule has 0 saturated carbocycles. The highest BCUT2D eigenvalue weighted by atomic mass is 31.2. The van der Waals surface area contributed by atoms with E-state index >= 15 is 0 Å². The van der Waals surface area contributed by atoms with E-state index in [1.807, 2.05) is 21.1 Å². The number of phosphoric acid groups is 1. The van der Waals surface area contributed by atoms with Gasteiger partial charge in [0.15, 0.2) is 6.10 Å². The standard InChI is InChI=1S/C82H148NO8P/c1-6-8-10-12-14-16-18-20-22-24-26-28-30-32-34-36-37-38-39-40-41-42-43-44-45-47-49-51-53-55-57-59-61-63-65-67-69-71-73-75-82(85)91-80(79-90-92(86,87)89-77-76-83(3,4)5)78-88-81(84)74-72-70-68-66-64-62-60-58-56-54-52-50-48-46-35-33-31-29-27-25-23-21-19-17-15-13-11-9-7-2/h8,10,14,16,20,22,26,28,32,34,37-38,40-41,43-44,80H,6-7,9,11-13,15,17-19,21,23-25,27,29-31,33,35-36,39,42,45-79H2,1-5H3/b10-8-,16-14-,22-20-,28-26-,34-32-,38-37-,41-40-,44-43-. The molecule has 0 rings (SSSR count). The first kappa shape index (κ1) is 88.9. The van der Waals surface area contributed by atoms with E-state index in [4.69, 9.17) is 18.5 Å². The van der Waals surface area contributed by atoms with Crippen LogP contribution >= 0.6 is 7.82 Å². The number of likely N-dealkylation sites (N-methyl/N-ethyl adjacent to an activating group) is 1. The van der Waals surface area contributed by atoms with Crippen LogP contribution in [0, 0.1) is 0 Å². The number of esters is 2. The second-order valence-electron chi connectivity index (χ2n) is 27.4. The first-order valence-corrected chi connectivity index (χ1v) is 40.4. The zero-order valence-corrected chi connectivity index (χ0v) is 61.9. The first-order chi connectivity index (χ1) is 45.0. The molecule has 0 amide bonds. The summed E-state index contributed by atoms with van der Waals surface area (Å²) < 4.78 is 34.4. The van der Waals surface area contributed by atoms with Gasteiger partial charge in [0.05, 0.1) is 27.7 Å². The maximum Gasteiger partial charge on any atom is 0.306 e. The number of carbonyl (C=O) groups is 2. The van der Waals surface area contributed by atoms with Gasteiger partial charge in [0, 0.05) is 12.8 Å². The Bertz CT molecular complexity index is 1880. The Morgan fingerprint density at radius 2 is 0.620 bits per heavy atom. The van der Waals surface area contributed by atoms with Crippen molar-refractivity contribution in [2.24, 2.45) is 0 Å². The van der Waals surface area contributed by atoms with E-state index in [1.165, 1.54) is 238 Å². The quantitative estimate of drug-likeness (QED) is 0.0195. The number of unbranched alkanes of at least 4 members (excludes halogenated alkanes) is 42. The van der Waals surface area contributed by atoms with Gasteiger partial charge in [-0.05, 0) is 77.0 Å². The molecule has 534 valence electrons. The fraction of sp³-hybridized carbons (Fsp3) is 0.780. The molecule has 0 spiro atoms. The highest BCUT2D eigenvalue weighted by Gasteiger charge is 2.22. The summed E-state index contributed by atoms with van der Waals surface area (Å²) in [5.41, 5.74) is 0. The van der Waals surface area contributed by atoms with Gasteiger partial charge in [0.2, 0.25) is 0 Å². The molecule has 0 heterocycles. The fourth-order valence-electron chi connectivity index (χ4n) is 11.2. The number of ether oxygens (including phenoxy) is 2. The van der Waals surface area contributed by atoms with Crippen molar-refractivity contribution in [1.29, 1.82) is 0 Å². The minimum atomic E-state index is -4.65. The van der Waals surface area contributed by atoms with Crippen LogP contribution in [0.25, 0.3) is 0 Å². The molecule has 2 atom stereocenters. The van der Waals surface area contributed by atoms with Gasteiger partial charge in [-0.25, -0.2) is 0 Å². The fourth-order valence-corrected chi connectivity index (χ4v) is 11.9. The molecule has 0 radical (unpaired) electrons. The van der Waals surface area contributed by atoms with Crippen molar-refractivity contribution >= 4 is 19.8 Å². The lowest BCUT2D eigenvalue weighted by atomic mass is 10.0. The summed E-state index contributed by atoms with van der Waals surface area (Å²) in [5, 5.41) is 0. The molecule has 0 aromatic rings. The summed E-state index contributed by atoms with van der Waals surface area (Å²) >= 11 is 0. The third kappa shape index (κ3) is 76.0. The second kappa shape index (κ2) is 72.2. The van der Waals surface area contributed by atoms with Crippen LogP contribution in [0.5, 0.6) is 0 Å². The SMILES string of the molecule is CC/C=C\C/C=C\C/C=C\C/C=C\C/C=C\C/C=C\C/C=C\C/C=C\CCCCCCCCCCCCCCCCC(=O)OC(COC(=O)CCCCCCCCCCCCCCCCCCCCCCCCCCCCCCC)COP(=O)([O-])OCC[N+](C)(C)C. The van der Waals surface area contributed by atoms with E-state index in [1.54, 1.807) is 0 Å². The third-order valence-corrected chi connectivity index (χ3v) is 18.1. The minimum absolute atomic E-state index is 0.0315. The second-order valence-corrected chi connectivity index (χ2v) is 28.8. The van der Waals surface area contributed by atoms with Crippen LogP contribution in [-0.2, 0) is 32.7 Å². The Morgan fingerprint density at radius 1 is 0.348 bits per heavy atom. The molecule has 0 aliphatic rings.